The summed E-state index contributed by atoms with van der Waals surface area (Å²) in [5.41, 5.74) is 24.8. The summed E-state index contributed by atoms with van der Waals surface area (Å²) in [6.45, 7) is 41.7. The van der Waals surface area contributed by atoms with Crippen LogP contribution in [0.25, 0.3) is 104 Å². The number of hydrogen-bond acceptors (Lipinski definition) is 1. The van der Waals surface area contributed by atoms with Crippen molar-refractivity contribution in [2.75, 3.05) is 4.90 Å². The Kier molecular flexibility index (Phi) is 14.4. The summed E-state index contributed by atoms with van der Waals surface area (Å²) in [5, 5.41) is 10.1. The van der Waals surface area contributed by atoms with E-state index in [9.17, 15) is 0 Å². The van der Waals surface area contributed by atoms with Crippen LogP contribution >= 0.6 is 0 Å². The lowest BCUT2D eigenvalue weighted by atomic mass is 9.79. The highest BCUT2D eigenvalue weighted by Crippen LogP contribution is 2.50. The first-order valence-corrected chi connectivity index (χ1v) is 32.7. The molecule has 452 valence electrons. The fourth-order valence-electron chi connectivity index (χ4n) is 13.5. The molecule has 2 heteroatoms. The number of fused-ring (bicyclic) bond motifs is 3. The largest absolute Gasteiger partial charge is 0.309 e. The van der Waals surface area contributed by atoms with Crippen LogP contribution in [0.4, 0.5) is 17.1 Å². The molecule has 0 radical (unpaired) electrons. The van der Waals surface area contributed by atoms with Crippen molar-refractivity contribution in [2.24, 2.45) is 0 Å². The first-order valence-electron chi connectivity index (χ1n) is 32.7. The zero-order valence-corrected chi connectivity index (χ0v) is 56.7. The van der Waals surface area contributed by atoms with E-state index in [1.807, 2.05) is 0 Å². The van der Waals surface area contributed by atoms with Gasteiger partial charge in [-0.25, -0.2) is 0 Å². The molecule has 0 unspecified atom stereocenters. The lowest BCUT2D eigenvalue weighted by molar-refractivity contribution is 0.569. The Hall–Kier alpha value is -8.72. The molecule has 0 bridgehead atoms. The van der Waals surface area contributed by atoms with E-state index >= 15 is 0 Å². The first kappa shape index (κ1) is 60.2. The summed E-state index contributed by atoms with van der Waals surface area (Å²) in [5.74, 6) is 0. The van der Waals surface area contributed by atoms with Crippen LogP contribution < -0.4 is 4.90 Å². The monoisotopic (exact) mass is 1170 g/mol. The van der Waals surface area contributed by atoms with Gasteiger partial charge in [-0.2, -0.15) is 0 Å². The molecule has 0 saturated heterocycles. The molecule has 0 N–H and O–H groups in total. The fraction of sp³-hybridized carbons (Fsp3) is 0.273. The van der Waals surface area contributed by atoms with E-state index in [1.165, 1.54) is 138 Å². The molecule has 90 heavy (non-hydrogen) atoms. The van der Waals surface area contributed by atoms with Crippen molar-refractivity contribution >= 4 is 71.2 Å². The van der Waals surface area contributed by atoms with Crippen LogP contribution in [0.15, 0.2) is 218 Å². The lowest BCUT2D eigenvalue weighted by Gasteiger charge is -2.31. The van der Waals surface area contributed by atoms with Crippen molar-refractivity contribution in [2.45, 2.75) is 157 Å². The summed E-state index contributed by atoms with van der Waals surface area (Å²) in [7, 11) is 0. The summed E-state index contributed by atoms with van der Waals surface area (Å²) >= 11 is 0. The highest BCUT2D eigenvalue weighted by molar-refractivity contribution is 6.27. The number of aromatic nitrogens is 1. The summed E-state index contributed by atoms with van der Waals surface area (Å²) < 4.78 is 2.54. The second-order valence-corrected chi connectivity index (χ2v) is 32.0. The van der Waals surface area contributed by atoms with Gasteiger partial charge in [0.2, 0.25) is 0 Å². The van der Waals surface area contributed by atoms with Crippen molar-refractivity contribution < 1.29 is 0 Å². The van der Waals surface area contributed by atoms with Gasteiger partial charge >= 0.3 is 0 Å². The van der Waals surface area contributed by atoms with Crippen LogP contribution in [-0.4, -0.2) is 4.57 Å². The van der Waals surface area contributed by atoms with Gasteiger partial charge < -0.3 is 9.47 Å². The number of anilines is 3. The van der Waals surface area contributed by atoms with Gasteiger partial charge in [-0.3, -0.25) is 0 Å². The molecule has 13 rings (SSSR count). The maximum absolute atomic E-state index is 2.55. The molecule has 1 aromatic heterocycles. The molecular formula is C88H90N2. The van der Waals surface area contributed by atoms with Crippen LogP contribution in [0, 0.1) is 0 Å². The molecule has 13 aromatic rings. The Morgan fingerprint density at radius 2 is 0.644 bits per heavy atom. The van der Waals surface area contributed by atoms with Crippen molar-refractivity contribution in [1.29, 1.82) is 0 Å². The quantitative estimate of drug-likeness (QED) is 0.138. The molecule has 0 aliphatic heterocycles. The van der Waals surface area contributed by atoms with Crippen LogP contribution in [0.1, 0.15) is 158 Å². The molecule has 0 saturated carbocycles. The van der Waals surface area contributed by atoms with E-state index in [1.54, 1.807) is 0 Å². The summed E-state index contributed by atoms with van der Waals surface area (Å²) in [6, 6.07) is 84.6. The van der Waals surface area contributed by atoms with Gasteiger partial charge in [0, 0.05) is 32.8 Å². The van der Waals surface area contributed by atoms with E-state index in [2.05, 4.69) is 352 Å². The van der Waals surface area contributed by atoms with Crippen LogP contribution in [0.3, 0.4) is 0 Å². The topological polar surface area (TPSA) is 8.17 Å². The molecule has 2 nitrogen and oxygen atoms in total. The third kappa shape index (κ3) is 11.0. The average molecular weight is 1180 g/mol. The summed E-state index contributed by atoms with van der Waals surface area (Å²) in [6.07, 6.45) is 0. The average Bonchev–Trinajstić information content (AvgIpc) is 1.25. The minimum atomic E-state index is -0.0856. The maximum atomic E-state index is 2.55. The molecule has 0 fully saturated rings. The number of hydrogen-bond donors (Lipinski definition) is 0. The van der Waals surface area contributed by atoms with E-state index in [0.717, 1.165) is 17.1 Å². The molecule has 0 aliphatic rings. The van der Waals surface area contributed by atoms with Crippen LogP contribution in [0.5, 0.6) is 0 Å². The zero-order chi connectivity index (χ0) is 63.8. The standard InChI is InChI=1S/C88H90N2/c1-83(2,3)64-21-19-20-62(48-64)57-26-28-59(29-27-57)73-52-65(84(4,5)6)36-45-78(73)89(70-39-30-56(31-40-70)55-22-24-58(25-23-55)63-49-68(87(13,14)15)51-69(50-63)88(16,17)18)76-43-34-60-33-42-72-77(44-35-61-32-41-71(76)81(60)82(61)72)90-79-46-37-66(85(7,8)9)53-74(79)75-54-67(86(10,11)12)38-47-80(75)90/h19-54H,1-18H3. The normalized spacial score (nSPS) is 13.0. The molecule has 1 heterocycles. The Balaban J connectivity index is 1.00. The molecule has 12 aromatic carbocycles. The Labute approximate surface area is 536 Å². The van der Waals surface area contributed by atoms with E-state index in [0.29, 0.717) is 0 Å². The van der Waals surface area contributed by atoms with Crippen LogP contribution in [0.2, 0.25) is 0 Å². The molecule has 0 aliphatic carbocycles. The highest BCUT2D eigenvalue weighted by atomic mass is 15.1. The van der Waals surface area contributed by atoms with Crippen molar-refractivity contribution in [3.05, 3.63) is 252 Å². The predicted octanol–water partition coefficient (Wildman–Crippen LogP) is 25.6. The Bertz CT molecular complexity index is 4780. The van der Waals surface area contributed by atoms with Gasteiger partial charge in [0.05, 0.1) is 28.1 Å². The van der Waals surface area contributed by atoms with E-state index in [4.69, 9.17) is 0 Å². The number of benzene rings is 12. The third-order valence-corrected chi connectivity index (χ3v) is 19.3. The minimum Gasteiger partial charge on any atom is -0.309 e. The molecule has 0 spiro atoms. The zero-order valence-electron chi connectivity index (χ0n) is 56.7. The van der Waals surface area contributed by atoms with E-state index in [-0.39, 0.29) is 32.5 Å². The van der Waals surface area contributed by atoms with Gasteiger partial charge in [0.25, 0.3) is 0 Å². The smallest absolute Gasteiger partial charge is 0.0541 e. The van der Waals surface area contributed by atoms with Gasteiger partial charge in [-0.1, -0.05) is 282 Å². The van der Waals surface area contributed by atoms with Gasteiger partial charge in [-0.05, 0) is 187 Å². The highest BCUT2D eigenvalue weighted by Gasteiger charge is 2.28. The first-order chi connectivity index (χ1) is 42.4. The maximum Gasteiger partial charge on any atom is 0.0541 e. The summed E-state index contributed by atoms with van der Waals surface area (Å²) in [4.78, 5) is 2.55. The molecular weight excluding hydrogens is 1080 g/mol. The Morgan fingerprint density at radius 1 is 0.256 bits per heavy atom. The van der Waals surface area contributed by atoms with Gasteiger partial charge in [0.1, 0.15) is 0 Å². The SMILES string of the molecule is CC(C)(C)c1cccc(-c2ccc(-c3cc(C(C)(C)C)ccc3N(c3ccc(-c4ccc(-c5cc(C(C)(C)C)cc(C(C)(C)C)c5)cc4)cc3)c3ccc4ccc5c(-n6c7ccc(C(C)(C)C)cc7c7cc(C(C)(C)C)ccc76)ccc6ccc3c4c65)cc2)c1. The Morgan fingerprint density at radius 3 is 1.17 bits per heavy atom. The number of nitrogens with zero attached hydrogens (tertiary/aromatic N) is 2. The van der Waals surface area contributed by atoms with Crippen LogP contribution in [-0.2, 0) is 32.5 Å². The van der Waals surface area contributed by atoms with Crippen molar-refractivity contribution in [3.8, 4) is 50.2 Å². The van der Waals surface area contributed by atoms with Gasteiger partial charge in [-0.15, -0.1) is 0 Å². The fourth-order valence-corrected chi connectivity index (χ4v) is 13.5. The van der Waals surface area contributed by atoms with E-state index < -0.39 is 0 Å². The second-order valence-electron chi connectivity index (χ2n) is 32.0. The third-order valence-electron chi connectivity index (χ3n) is 19.3. The van der Waals surface area contributed by atoms with Gasteiger partial charge in [0.15, 0.2) is 0 Å². The number of rotatable bonds is 8. The molecule has 0 amide bonds. The predicted molar refractivity (Wildman–Crippen MR) is 393 cm³/mol. The second kappa shape index (κ2) is 21.5. The molecule has 0 atom stereocenters. The van der Waals surface area contributed by atoms with Crippen molar-refractivity contribution in [1.82, 2.24) is 4.57 Å². The van der Waals surface area contributed by atoms with Crippen molar-refractivity contribution in [3.63, 3.8) is 0 Å². The lowest BCUT2D eigenvalue weighted by Crippen LogP contribution is -2.16. The minimum absolute atomic E-state index is 0.00752.